The third-order valence-electron chi connectivity index (χ3n) is 5.68. The van der Waals surface area contributed by atoms with Crippen LogP contribution in [0.4, 0.5) is 0 Å². The second-order valence-corrected chi connectivity index (χ2v) is 7.46. The van der Waals surface area contributed by atoms with Gasteiger partial charge in [-0.15, -0.1) is 0 Å². The molecule has 4 rings (SSSR count). The van der Waals surface area contributed by atoms with E-state index in [4.69, 9.17) is 4.74 Å². The second kappa shape index (κ2) is 7.91. The third kappa shape index (κ3) is 3.87. The zero-order valence-electron chi connectivity index (χ0n) is 15.4. The molecule has 3 nitrogen and oxygen atoms in total. The van der Waals surface area contributed by atoms with Gasteiger partial charge in [-0.05, 0) is 36.8 Å². The Balaban J connectivity index is 1.64. The number of carbonyl (C=O) groups excluding carboxylic acids is 2. The van der Waals surface area contributed by atoms with Crippen molar-refractivity contribution in [2.75, 3.05) is 0 Å². The largest absolute Gasteiger partial charge is 0.430 e. The highest BCUT2D eigenvalue weighted by atomic mass is 16.5. The molecule has 0 saturated carbocycles. The van der Waals surface area contributed by atoms with Gasteiger partial charge in [0.05, 0.1) is 5.92 Å². The molecule has 0 spiro atoms. The Morgan fingerprint density at radius 3 is 2.19 bits per heavy atom. The van der Waals surface area contributed by atoms with Crippen LogP contribution in [0.25, 0.3) is 0 Å². The molecule has 2 aliphatic rings. The minimum atomic E-state index is -0.295. The quantitative estimate of drug-likeness (QED) is 0.729. The van der Waals surface area contributed by atoms with Crippen LogP contribution in [0, 0.1) is 11.8 Å². The Morgan fingerprint density at radius 1 is 0.815 bits per heavy atom. The minimum absolute atomic E-state index is 0.0607. The molecule has 27 heavy (non-hydrogen) atoms. The predicted molar refractivity (Wildman–Crippen MR) is 104 cm³/mol. The summed E-state index contributed by atoms with van der Waals surface area (Å²) in [5.74, 6) is 0.273. The van der Waals surface area contributed by atoms with E-state index >= 15 is 0 Å². The molecule has 0 aromatic heterocycles. The van der Waals surface area contributed by atoms with Gasteiger partial charge < -0.3 is 4.74 Å². The number of benzene rings is 2. The van der Waals surface area contributed by atoms with Gasteiger partial charge in [-0.2, -0.15) is 0 Å². The summed E-state index contributed by atoms with van der Waals surface area (Å²) in [6, 6.07) is 20.3. The summed E-state index contributed by atoms with van der Waals surface area (Å²) in [6.07, 6.45) is 4.31. The third-order valence-corrected chi connectivity index (χ3v) is 5.68. The van der Waals surface area contributed by atoms with Gasteiger partial charge in [0.15, 0.2) is 5.78 Å². The number of ketones is 1. The van der Waals surface area contributed by atoms with E-state index in [2.05, 4.69) is 12.1 Å². The number of allylic oxidation sites excluding steroid dienone is 2. The van der Waals surface area contributed by atoms with E-state index in [1.165, 1.54) is 5.56 Å². The van der Waals surface area contributed by atoms with E-state index in [1.54, 1.807) is 0 Å². The molecule has 2 unspecified atom stereocenters. The smallest absolute Gasteiger partial charge is 0.314 e. The average molecular weight is 360 g/mol. The van der Waals surface area contributed by atoms with E-state index in [1.807, 2.05) is 48.5 Å². The van der Waals surface area contributed by atoms with Crippen molar-refractivity contribution in [1.82, 2.24) is 0 Å². The molecule has 0 radical (unpaired) electrons. The summed E-state index contributed by atoms with van der Waals surface area (Å²) in [7, 11) is 0. The molecular weight excluding hydrogens is 336 g/mol. The van der Waals surface area contributed by atoms with Gasteiger partial charge in [0, 0.05) is 24.3 Å². The van der Waals surface area contributed by atoms with Crippen LogP contribution >= 0.6 is 0 Å². The summed E-state index contributed by atoms with van der Waals surface area (Å²) < 4.78 is 5.65. The molecule has 138 valence electrons. The summed E-state index contributed by atoms with van der Waals surface area (Å²) in [5.41, 5.74) is 3.13. The van der Waals surface area contributed by atoms with E-state index < -0.39 is 0 Å². The van der Waals surface area contributed by atoms with E-state index in [9.17, 15) is 9.59 Å². The molecule has 1 heterocycles. The summed E-state index contributed by atoms with van der Waals surface area (Å²) in [5, 5.41) is 0. The van der Waals surface area contributed by atoms with Gasteiger partial charge in [-0.3, -0.25) is 9.59 Å². The van der Waals surface area contributed by atoms with Gasteiger partial charge in [-0.1, -0.05) is 60.7 Å². The number of aryl methyl sites for hydroxylation is 1. The topological polar surface area (TPSA) is 43.4 Å². The first kappa shape index (κ1) is 17.7. The van der Waals surface area contributed by atoms with Crippen LogP contribution in [-0.4, -0.2) is 11.8 Å². The second-order valence-electron chi connectivity index (χ2n) is 7.46. The fourth-order valence-electron chi connectivity index (χ4n) is 4.32. The number of hydrogen-bond donors (Lipinski definition) is 0. The molecule has 0 bridgehead atoms. The molecular formula is C24H24O3. The van der Waals surface area contributed by atoms with Crippen molar-refractivity contribution in [1.29, 1.82) is 0 Å². The SMILES string of the molecule is O=C1CCCC2=C1C(CCc1ccccc1)C(Cc1ccccc1)C(=O)O2. The van der Waals surface area contributed by atoms with Crippen molar-refractivity contribution in [2.45, 2.75) is 38.5 Å². The van der Waals surface area contributed by atoms with Crippen LogP contribution in [0.1, 0.15) is 36.8 Å². The molecule has 2 aromatic rings. The number of rotatable bonds is 5. The fourth-order valence-corrected chi connectivity index (χ4v) is 4.32. The molecule has 0 fully saturated rings. The maximum atomic E-state index is 12.8. The first-order chi connectivity index (χ1) is 13.2. The molecule has 0 saturated heterocycles. The fraction of sp³-hybridized carbons (Fsp3) is 0.333. The highest BCUT2D eigenvalue weighted by Gasteiger charge is 2.42. The molecule has 2 atom stereocenters. The van der Waals surface area contributed by atoms with Crippen LogP contribution in [0.15, 0.2) is 72.0 Å². The zero-order chi connectivity index (χ0) is 18.6. The lowest BCUT2D eigenvalue weighted by atomic mass is 9.73. The summed E-state index contributed by atoms with van der Waals surface area (Å²) in [4.78, 5) is 25.5. The molecule has 2 aromatic carbocycles. The van der Waals surface area contributed by atoms with E-state index in [-0.39, 0.29) is 23.6 Å². The predicted octanol–water partition coefficient (Wildman–Crippen LogP) is 4.66. The Kier molecular flexibility index (Phi) is 5.19. The number of Topliss-reactive ketones (excluding diaryl/α,β-unsaturated/α-hetero) is 1. The van der Waals surface area contributed by atoms with Gasteiger partial charge >= 0.3 is 5.97 Å². The van der Waals surface area contributed by atoms with Crippen molar-refractivity contribution in [2.24, 2.45) is 11.8 Å². The standard InChI is InChI=1S/C24H24O3/c25-21-12-7-13-22-23(21)19(15-14-17-8-3-1-4-9-17)20(24(26)27-22)16-18-10-5-2-6-11-18/h1-6,8-11,19-20H,7,12-16H2. The molecule has 1 aliphatic heterocycles. The monoisotopic (exact) mass is 360 g/mol. The van der Waals surface area contributed by atoms with Crippen molar-refractivity contribution in [3.8, 4) is 0 Å². The maximum Gasteiger partial charge on any atom is 0.314 e. The average Bonchev–Trinajstić information content (AvgIpc) is 2.70. The number of esters is 1. The number of hydrogen-bond acceptors (Lipinski definition) is 3. The Labute approximate surface area is 160 Å². The highest BCUT2D eigenvalue weighted by molar-refractivity contribution is 5.99. The van der Waals surface area contributed by atoms with Crippen LogP contribution < -0.4 is 0 Å². The van der Waals surface area contributed by atoms with Gasteiger partial charge in [0.2, 0.25) is 0 Å². The van der Waals surface area contributed by atoms with E-state index in [0.717, 1.165) is 30.4 Å². The van der Waals surface area contributed by atoms with Crippen LogP contribution in [0.3, 0.4) is 0 Å². The number of carbonyl (C=O) groups is 2. The zero-order valence-corrected chi connectivity index (χ0v) is 15.4. The molecule has 3 heteroatoms. The van der Waals surface area contributed by atoms with Crippen molar-refractivity contribution >= 4 is 11.8 Å². The number of ether oxygens (including phenoxy) is 1. The van der Waals surface area contributed by atoms with Crippen molar-refractivity contribution in [3.63, 3.8) is 0 Å². The van der Waals surface area contributed by atoms with Crippen molar-refractivity contribution < 1.29 is 14.3 Å². The molecule has 1 aliphatic carbocycles. The van der Waals surface area contributed by atoms with Gasteiger partial charge in [0.25, 0.3) is 0 Å². The van der Waals surface area contributed by atoms with Crippen LogP contribution in [-0.2, 0) is 27.2 Å². The maximum absolute atomic E-state index is 12.8. The lowest BCUT2D eigenvalue weighted by molar-refractivity contribution is -0.149. The Hall–Kier alpha value is -2.68. The first-order valence-corrected chi connectivity index (χ1v) is 9.78. The van der Waals surface area contributed by atoms with Gasteiger partial charge in [0.1, 0.15) is 5.76 Å². The molecule has 0 amide bonds. The first-order valence-electron chi connectivity index (χ1n) is 9.78. The summed E-state index contributed by atoms with van der Waals surface area (Å²) in [6.45, 7) is 0. The minimum Gasteiger partial charge on any atom is -0.430 e. The molecule has 0 N–H and O–H groups in total. The lowest BCUT2D eigenvalue weighted by Crippen LogP contribution is -2.38. The van der Waals surface area contributed by atoms with Crippen LogP contribution in [0.2, 0.25) is 0 Å². The van der Waals surface area contributed by atoms with E-state index in [0.29, 0.717) is 25.0 Å². The Bertz CT molecular complexity index is 852. The normalized spacial score (nSPS) is 22.4. The van der Waals surface area contributed by atoms with Crippen molar-refractivity contribution in [3.05, 3.63) is 83.1 Å². The van der Waals surface area contributed by atoms with Gasteiger partial charge in [-0.25, -0.2) is 0 Å². The summed E-state index contributed by atoms with van der Waals surface area (Å²) >= 11 is 0. The highest BCUT2D eigenvalue weighted by Crippen LogP contribution is 2.41. The Morgan fingerprint density at radius 2 is 1.48 bits per heavy atom. The lowest BCUT2D eigenvalue weighted by Gasteiger charge is -2.35. The van der Waals surface area contributed by atoms with Crippen LogP contribution in [0.5, 0.6) is 0 Å².